The fraction of sp³-hybridized carbons (Fsp3) is 0.458. The molecule has 0 saturated heterocycles. The van der Waals surface area contributed by atoms with Crippen LogP contribution in [0.25, 0.3) is 0 Å². The maximum Gasteiger partial charge on any atom is 0.340 e. The summed E-state index contributed by atoms with van der Waals surface area (Å²) < 4.78 is 7.64. The summed E-state index contributed by atoms with van der Waals surface area (Å²) in [6.45, 7) is 11.0. The van der Waals surface area contributed by atoms with Crippen LogP contribution in [0, 0.1) is 19.3 Å². The molecule has 0 radical (unpaired) electrons. The van der Waals surface area contributed by atoms with Crippen LogP contribution < -0.4 is 5.32 Å². The number of nitrogens with one attached hydrogen (secondary N) is 1. The zero-order chi connectivity index (χ0) is 22.2. The summed E-state index contributed by atoms with van der Waals surface area (Å²) in [5.41, 5.74) is 2.97. The van der Waals surface area contributed by atoms with E-state index in [0.29, 0.717) is 22.9 Å². The third-order valence-electron chi connectivity index (χ3n) is 5.38. The first-order valence-electron chi connectivity index (χ1n) is 10.3. The van der Waals surface area contributed by atoms with Crippen LogP contribution in [0.1, 0.15) is 78.7 Å². The van der Waals surface area contributed by atoms with Crippen LogP contribution in [0.15, 0.2) is 30.3 Å². The van der Waals surface area contributed by atoms with E-state index >= 15 is 0 Å². The zero-order valence-electron chi connectivity index (χ0n) is 18.5. The molecule has 0 aliphatic heterocycles. The average Bonchev–Trinajstić information content (AvgIpc) is 3.45. The molecule has 30 heavy (non-hydrogen) atoms. The van der Waals surface area contributed by atoms with Gasteiger partial charge in [0.2, 0.25) is 11.7 Å². The average molecular weight is 411 g/mol. The highest BCUT2D eigenvalue weighted by atomic mass is 16.5. The van der Waals surface area contributed by atoms with E-state index in [1.54, 1.807) is 31.2 Å². The Balaban J connectivity index is 1.65. The van der Waals surface area contributed by atoms with E-state index in [-0.39, 0.29) is 11.7 Å². The second-order valence-corrected chi connectivity index (χ2v) is 9.08. The Morgan fingerprint density at radius 1 is 1.10 bits per heavy atom. The summed E-state index contributed by atoms with van der Waals surface area (Å²) in [6.07, 6.45) is 1.36. The van der Waals surface area contributed by atoms with E-state index < -0.39 is 17.5 Å². The van der Waals surface area contributed by atoms with Gasteiger partial charge in [-0.25, -0.2) is 4.79 Å². The van der Waals surface area contributed by atoms with E-state index in [2.05, 4.69) is 9.88 Å². The number of carbonyl (C=O) groups is 3. The highest BCUT2D eigenvalue weighted by molar-refractivity contribution is 6.02. The van der Waals surface area contributed by atoms with Crippen LogP contribution in [0.5, 0.6) is 0 Å². The second-order valence-electron chi connectivity index (χ2n) is 9.08. The number of anilines is 1. The smallest absolute Gasteiger partial charge is 0.340 e. The van der Waals surface area contributed by atoms with Gasteiger partial charge in [0.25, 0.3) is 0 Å². The van der Waals surface area contributed by atoms with Crippen molar-refractivity contribution >= 4 is 23.3 Å². The number of carbonyl (C=O) groups excluding carboxylic acids is 3. The maximum atomic E-state index is 12.7. The number of rotatable bonds is 6. The molecular weight excluding hydrogens is 380 g/mol. The Morgan fingerprint density at radius 3 is 2.23 bits per heavy atom. The summed E-state index contributed by atoms with van der Waals surface area (Å²) in [6, 6.07) is 8.92. The molecule has 160 valence electrons. The molecule has 6 heteroatoms. The number of aromatic nitrogens is 1. The number of amides is 1. The van der Waals surface area contributed by atoms with Gasteiger partial charge in [0.15, 0.2) is 6.10 Å². The summed E-state index contributed by atoms with van der Waals surface area (Å²) in [5, 5.41) is 2.82. The predicted molar refractivity (Wildman–Crippen MR) is 116 cm³/mol. The van der Waals surface area contributed by atoms with Crippen LogP contribution in [-0.2, 0) is 9.53 Å². The van der Waals surface area contributed by atoms with Crippen molar-refractivity contribution < 1.29 is 19.1 Å². The number of benzene rings is 1. The fourth-order valence-corrected chi connectivity index (χ4v) is 3.43. The summed E-state index contributed by atoms with van der Waals surface area (Å²) in [4.78, 5) is 37.4. The van der Waals surface area contributed by atoms with E-state index in [0.717, 1.165) is 24.2 Å². The van der Waals surface area contributed by atoms with Crippen molar-refractivity contribution in [3.8, 4) is 0 Å². The van der Waals surface area contributed by atoms with Crippen molar-refractivity contribution in [1.82, 2.24) is 4.57 Å². The topological polar surface area (TPSA) is 77.4 Å². The molecule has 0 unspecified atom stereocenters. The van der Waals surface area contributed by atoms with E-state index in [1.807, 2.05) is 40.7 Å². The summed E-state index contributed by atoms with van der Waals surface area (Å²) >= 11 is 0. The molecule has 1 aliphatic carbocycles. The van der Waals surface area contributed by atoms with Crippen LogP contribution in [-0.4, -0.2) is 28.3 Å². The predicted octanol–water partition coefficient (Wildman–Crippen LogP) is 4.85. The van der Waals surface area contributed by atoms with Gasteiger partial charge in [0.05, 0.1) is 5.56 Å². The number of aryl methyl sites for hydroxylation is 1. The Labute approximate surface area is 177 Å². The minimum Gasteiger partial charge on any atom is -0.451 e. The molecule has 1 heterocycles. The highest BCUT2D eigenvalue weighted by Crippen LogP contribution is 2.38. The molecule has 1 aliphatic rings. The molecule has 1 aromatic carbocycles. The van der Waals surface area contributed by atoms with Crippen molar-refractivity contribution in [2.45, 2.75) is 66.5 Å². The Hall–Kier alpha value is -2.89. The first-order valence-corrected chi connectivity index (χ1v) is 10.3. The normalized spacial score (nSPS) is 14.9. The lowest BCUT2D eigenvalue weighted by molar-refractivity contribution is -0.123. The van der Waals surface area contributed by atoms with Gasteiger partial charge >= 0.3 is 5.97 Å². The summed E-state index contributed by atoms with van der Waals surface area (Å²) in [5.74, 6) is -0.870. The van der Waals surface area contributed by atoms with E-state index in [1.165, 1.54) is 0 Å². The standard InChI is InChI=1S/C24H30N2O4/c1-14-13-20(15(2)26(14)19-11-12-19)22(28)30-16(3)21(27)17-7-9-18(10-8-17)25-23(29)24(4,5)6/h7-10,13,16,19H,11-12H2,1-6H3,(H,25,29)/t16-/m0/s1. The van der Waals surface area contributed by atoms with Crippen LogP contribution in [0.4, 0.5) is 5.69 Å². The molecule has 1 fully saturated rings. The fourth-order valence-electron chi connectivity index (χ4n) is 3.43. The number of esters is 1. The first-order chi connectivity index (χ1) is 14.0. The third kappa shape index (κ3) is 4.64. The lowest BCUT2D eigenvalue weighted by Gasteiger charge is -2.18. The molecule has 0 bridgehead atoms. The van der Waals surface area contributed by atoms with Crippen molar-refractivity contribution in [1.29, 1.82) is 0 Å². The number of nitrogens with zero attached hydrogens (tertiary/aromatic N) is 1. The van der Waals surface area contributed by atoms with Crippen LogP contribution >= 0.6 is 0 Å². The Kier molecular flexibility index (Phi) is 5.88. The van der Waals surface area contributed by atoms with Gasteiger partial charge in [-0.2, -0.15) is 0 Å². The molecule has 6 nitrogen and oxygen atoms in total. The molecule has 3 rings (SSSR count). The molecule has 1 amide bonds. The lowest BCUT2D eigenvalue weighted by Crippen LogP contribution is -2.27. The molecular formula is C24H30N2O4. The van der Waals surface area contributed by atoms with Crippen LogP contribution in [0.2, 0.25) is 0 Å². The first kappa shape index (κ1) is 21.8. The van der Waals surface area contributed by atoms with Gasteiger partial charge < -0.3 is 14.6 Å². The summed E-state index contributed by atoms with van der Waals surface area (Å²) in [7, 11) is 0. The quantitative estimate of drug-likeness (QED) is 0.545. The molecule has 1 saturated carbocycles. The molecule has 2 aromatic rings. The van der Waals surface area contributed by atoms with Gasteiger partial charge in [0.1, 0.15) is 0 Å². The third-order valence-corrected chi connectivity index (χ3v) is 5.38. The monoisotopic (exact) mass is 410 g/mol. The molecule has 0 spiro atoms. The van der Waals surface area contributed by atoms with Gasteiger partial charge in [-0.3, -0.25) is 9.59 Å². The highest BCUT2D eigenvalue weighted by Gasteiger charge is 2.30. The number of ketones is 1. The van der Waals surface area contributed by atoms with Gasteiger partial charge in [-0.05, 0) is 63.9 Å². The van der Waals surface area contributed by atoms with Crippen molar-refractivity contribution in [3.63, 3.8) is 0 Å². The van der Waals surface area contributed by atoms with Gasteiger partial charge in [-0.1, -0.05) is 20.8 Å². The van der Waals surface area contributed by atoms with Crippen molar-refractivity contribution in [2.75, 3.05) is 5.32 Å². The second kappa shape index (κ2) is 8.09. The van der Waals surface area contributed by atoms with Crippen LogP contribution in [0.3, 0.4) is 0 Å². The van der Waals surface area contributed by atoms with Crippen molar-refractivity contribution in [3.05, 3.63) is 52.8 Å². The Bertz CT molecular complexity index is 976. The minimum atomic E-state index is -0.906. The number of ether oxygens (including phenoxy) is 1. The minimum absolute atomic E-state index is 0.104. The Morgan fingerprint density at radius 2 is 1.70 bits per heavy atom. The van der Waals surface area contributed by atoms with Gasteiger partial charge in [-0.15, -0.1) is 0 Å². The maximum absolute atomic E-state index is 12.7. The van der Waals surface area contributed by atoms with Crippen molar-refractivity contribution in [2.24, 2.45) is 5.41 Å². The number of Topliss-reactive ketones (excluding diaryl/α,β-unsaturated/α-hetero) is 1. The van der Waals surface area contributed by atoms with Gasteiger partial charge in [0, 0.05) is 34.1 Å². The molecule has 1 N–H and O–H groups in total. The molecule has 1 aromatic heterocycles. The number of hydrogen-bond donors (Lipinski definition) is 1. The largest absolute Gasteiger partial charge is 0.451 e. The SMILES string of the molecule is Cc1cc(C(=O)O[C@@H](C)C(=O)c2ccc(NC(=O)C(C)(C)C)cc2)c(C)n1C1CC1. The zero-order valence-corrected chi connectivity index (χ0v) is 18.5. The van der Waals surface area contributed by atoms with E-state index in [9.17, 15) is 14.4 Å². The number of hydrogen-bond acceptors (Lipinski definition) is 4. The lowest BCUT2D eigenvalue weighted by atomic mass is 9.95. The molecule has 1 atom stereocenters. The van der Waals surface area contributed by atoms with E-state index in [4.69, 9.17) is 4.74 Å².